The van der Waals surface area contributed by atoms with Gasteiger partial charge in [-0.3, -0.25) is 0 Å². The summed E-state index contributed by atoms with van der Waals surface area (Å²) in [5, 5.41) is 0. The van der Waals surface area contributed by atoms with Crippen LogP contribution in [0.15, 0.2) is 65.7 Å². The van der Waals surface area contributed by atoms with Crippen LogP contribution in [0.2, 0.25) is 0 Å². The van der Waals surface area contributed by atoms with Gasteiger partial charge in [-0.15, -0.1) is 11.8 Å². The van der Waals surface area contributed by atoms with Gasteiger partial charge in [0.2, 0.25) is 0 Å². The number of nitrogens with zero attached hydrogens (tertiary/aromatic N) is 2. The molecule has 2 heterocycles. The molecule has 0 unspecified atom stereocenters. The number of rotatable bonds is 1. The number of hydrogen-bond acceptors (Lipinski definition) is 3. The third-order valence-electron chi connectivity index (χ3n) is 3.67. The fourth-order valence-electron chi connectivity index (χ4n) is 2.61. The SMILES string of the molecule is c1ccc(-c2ncc3c(n2)-c2ccccc2SCC3)cc1. The molecule has 2 nitrogen and oxygen atoms in total. The summed E-state index contributed by atoms with van der Waals surface area (Å²) in [7, 11) is 0. The summed E-state index contributed by atoms with van der Waals surface area (Å²) in [6, 6.07) is 18.7. The Bertz CT molecular complexity index is 784. The van der Waals surface area contributed by atoms with E-state index in [4.69, 9.17) is 4.98 Å². The van der Waals surface area contributed by atoms with E-state index in [-0.39, 0.29) is 0 Å². The van der Waals surface area contributed by atoms with Crippen molar-refractivity contribution in [2.45, 2.75) is 11.3 Å². The maximum Gasteiger partial charge on any atom is 0.159 e. The van der Waals surface area contributed by atoms with Gasteiger partial charge in [-0.1, -0.05) is 48.5 Å². The predicted molar refractivity (Wildman–Crippen MR) is 87.3 cm³/mol. The molecule has 3 heteroatoms. The lowest BCUT2D eigenvalue weighted by molar-refractivity contribution is 1.07. The average Bonchev–Trinajstić information content (AvgIpc) is 2.74. The van der Waals surface area contributed by atoms with E-state index in [1.54, 1.807) is 0 Å². The van der Waals surface area contributed by atoms with Crippen LogP contribution in [0.3, 0.4) is 0 Å². The Hall–Kier alpha value is -2.13. The van der Waals surface area contributed by atoms with Crippen molar-refractivity contribution in [3.05, 3.63) is 66.4 Å². The van der Waals surface area contributed by atoms with Gasteiger partial charge in [0.05, 0.1) is 5.69 Å². The van der Waals surface area contributed by atoms with E-state index in [2.05, 4.69) is 41.4 Å². The molecule has 0 spiro atoms. The highest BCUT2D eigenvalue weighted by atomic mass is 32.2. The van der Waals surface area contributed by atoms with E-state index in [1.165, 1.54) is 16.0 Å². The quantitative estimate of drug-likeness (QED) is 0.662. The second kappa shape index (κ2) is 5.34. The van der Waals surface area contributed by atoms with Crippen molar-refractivity contribution in [3.8, 4) is 22.6 Å². The first-order chi connectivity index (χ1) is 10.4. The minimum absolute atomic E-state index is 0.802. The van der Waals surface area contributed by atoms with Crippen LogP contribution in [-0.2, 0) is 6.42 Å². The minimum Gasteiger partial charge on any atom is -0.236 e. The zero-order chi connectivity index (χ0) is 14.1. The Morgan fingerprint density at radius 3 is 2.62 bits per heavy atom. The van der Waals surface area contributed by atoms with Gasteiger partial charge in [0.1, 0.15) is 0 Å². The first-order valence-corrected chi connectivity index (χ1v) is 8.04. The summed E-state index contributed by atoms with van der Waals surface area (Å²) in [6.07, 6.45) is 3.01. The number of fused-ring (bicyclic) bond motifs is 3. The molecule has 1 aromatic heterocycles. The Morgan fingerprint density at radius 1 is 0.905 bits per heavy atom. The molecular weight excluding hydrogens is 276 g/mol. The van der Waals surface area contributed by atoms with Crippen molar-refractivity contribution in [2.75, 3.05) is 5.75 Å². The van der Waals surface area contributed by atoms with Crippen molar-refractivity contribution >= 4 is 11.8 Å². The molecule has 1 aliphatic heterocycles. The Kier molecular flexibility index (Phi) is 3.20. The van der Waals surface area contributed by atoms with Gasteiger partial charge in [0, 0.05) is 28.0 Å². The van der Waals surface area contributed by atoms with Gasteiger partial charge < -0.3 is 0 Å². The highest BCUT2D eigenvalue weighted by Crippen LogP contribution is 2.36. The summed E-state index contributed by atoms with van der Waals surface area (Å²) in [5.74, 6) is 1.88. The van der Waals surface area contributed by atoms with Gasteiger partial charge in [-0.25, -0.2) is 9.97 Å². The lowest BCUT2D eigenvalue weighted by Gasteiger charge is -2.09. The molecule has 4 rings (SSSR count). The molecule has 0 N–H and O–H groups in total. The van der Waals surface area contributed by atoms with Gasteiger partial charge in [-0.05, 0) is 18.1 Å². The summed E-state index contributed by atoms with van der Waals surface area (Å²) < 4.78 is 0. The lowest BCUT2D eigenvalue weighted by Crippen LogP contribution is -1.98. The molecule has 1 aliphatic rings. The highest BCUT2D eigenvalue weighted by Gasteiger charge is 2.17. The van der Waals surface area contributed by atoms with Crippen LogP contribution < -0.4 is 0 Å². The van der Waals surface area contributed by atoms with Gasteiger partial charge >= 0.3 is 0 Å². The summed E-state index contributed by atoms with van der Waals surface area (Å²) in [6.45, 7) is 0. The molecule has 0 atom stereocenters. The molecule has 0 bridgehead atoms. The number of benzene rings is 2. The largest absolute Gasteiger partial charge is 0.236 e. The Labute approximate surface area is 128 Å². The normalized spacial score (nSPS) is 13.1. The van der Waals surface area contributed by atoms with Crippen LogP contribution in [0.1, 0.15) is 5.56 Å². The third kappa shape index (κ3) is 2.34. The van der Waals surface area contributed by atoms with Crippen molar-refractivity contribution in [2.24, 2.45) is 0 Å². The fraction of sp³-hybridized carbons (Fsp3) is 0.111. The summed E-state index contributed by atoms with van der Waals surface area (Å²) in [4.78, 5) is 10.7. The monoisotopic (exact) mass is 290 g/mol. The van der Waals surface area contributed by atoms with E-state index in [0.717, 1.165) is 29.3 Å². The third-order valence-corrected chi connectivity index (χ3v) is 4.74. The van der Waals surface area contributed by atoms with Crippen molar-refractivity contribution in [3.63, 3.8) is 0 Å². The molecule has 0 saturated carbocycles. The second-order valence-corrected chi connectivity index (χ2v) is 6.16. The second-order valence-electron chi connectivity index (χ2n) is 5.03. The average molecular weight is 290 g/mol. The smallest absolute Gasteiger partial charge is 0.159 e. The van der Waals surface area contributed by atoms with Crippen LogP contribution >= 0.6 is 11.8 Å². The summed E-state index contributed by atoms with van der Waals surface area (Å²) in [5.41, 5.74) is 4.63. The van der Waals surface area contributed by atoms with Crippen LogP contribution in [-0.4, -0.2) is 15.7 Å². The number of hydrogen-bond donors (Lipinski definition) is 0. The molecular formula is C18H14N2S. The zero-order valence-corrected chi connectivity index (χ0v) is 12.3. The van der Waals surface area contributed by atoms with Gasteiger partial charge in [0.15, 0.2) is 5.82 Å². The molecule has 0 saturated heterocycles. The first kappa shape index (κ1) is 12.6. The highest BCUT2D eigenvalue weighted by molar-refractivity contribution is 7.99. The van der Waals surface area contributed by atoms with Crippen LogP contribution in [0.5, 0.6) is 0 Å². The van der Waals surface area contributed by atoms with E-state index in [9.17, 15) is 0 Å². The molecule has 102 valence electrons. The van der Waals surface area contributed by atoms with Crippen LogP contribution in [0.25, 0.3) is 22.6 Å². The molecule has 0 aliphatic carbocycles. The maximum atomic E-state index is 4.86. The van der Waals surface area contributed by atoms with Crippen molar-refractivity contribution < 1.29 is 0 Å². The van der Waals surface area contributed by atoms with Crippen molar-refractivity contribution in [1.29, 1.82) is 0 Å². The van der Waals surface area contributed by atoms with Crippen LogP contribution in [0, 0.1) is 0 Å². The Balaban J connectivity index is 1.91. The number of aryl methyl sites for hydroxylation is 1. The molecule has 21 heavy (non-hydrogen) atoms. The topological polar surface area (TPSA) is 25.8 Å². The molecule has 0 fully saturated rings. The number of aromatic nitrogens is 2. The van der Waals surface area contributed by atoms with Crippen molar-refractivity contribution in [1.82, 2.24) is 9.97 Å². The summed E-state index contributed by atoms with van der Waals surface area (Å²) >= 11 is 1.90. The Morgan fingerprint density at radius 2 is 1.71 bits per heavy atom. The van der Waals surface area contributed by atoms with Crippen LogP contribution in [0.4, 0.5) is 0 Å². The van der Waals surface area contributed by atoms with E-state index < -0.39 is 0 Å². The van der Waals surface area contributed by atoms with E-state index >= 15 is 0 Å². The predicted octanol–water partition coefficient (Wildman–Crippen LogP) is 4.46. The zero-order valence-electron chi connectivity index (χ0n) is 11.5. The fourth-order valence-corrected chi connectivity index (χ4v) is 3.65. The van der Waals surface area contributed by atoms with E-state index in [1.807, 2.05) is 36.2 Å². The molecule has 0 amide bonds. The molecule has 0 radical (unpaired) electrons. The lowest BCUT2D eigenvalue weighted by atomic mass is 10.1. The molecule has 3 aromatic rings. The maximum absolute atomic E-state index is 4.86. The first-order valence-electron chi connectivity index (χ1n) is 7.05. The van der Waals surface area contributed by atoms with Gasteiger partial charge in [-0.2, -0.15) is 0 Å². The minimum atomic E-state index is 0.802. The molecule has 2 aromatic carbocycles. The van der Waals surface area contributed by atoms with E-state index in [0.29, 0.717) is 0 Å². The van der Waals surface area contributed by atoms with Gasteiger partial charge in [0.25, 0.3) is 0 Å². The standard InChI is InChI=1S/C18H14N2S/c1-2-6-13(7-3-1)18-19-12-14-10-11-21-16-9-5-4-8-15(16)17(14)20-18/h1-9,12H,10-11H2. The number of thioether (sulfide) groups is 1.